The van der Waals surface area contributed by atoms with Gasteiger partial charge in [0.05, 0.1) is 18.5 Å². The van der Waals surface area contributed by atoms with Gasteiger partial charge in [-0.1, -0.05) is 23.4 Å². The summed E-state index contributed by atoms with van der Waals surface area (Å²) in [5, 5.41) is 16.8. The van der Waals surface area contributed by atoms with Crippen molar-refractivity contribution in [3.63, 3.8) is 0 Å². The summed E-state index contributed by atoms with van der Waals surface area (Å²) in [7, 11) is 3.98. The molecule has 0 saturated carbocycles. The number of ketones is 1. The van der Waals surface area contributed by atoms with Crippen LogP contribution in [-0.2, 0) is 6.61 Å². The fraction of sp³-hybridized carbons (Fsp3) is 0.150. The van der Waals surface area contributed by atoms with Crippen LogP contribution in [0.4, 0.5) is 5.69 Å². The molecule has 1 heterocycles. The van der Waals surface area contributed by atoms with Gasteiger partial charge in [-0.05, 0) is 48.0 Å². The van der Waals surface area contributed by atoms with Crippen molar-refractivity contribution in [1.29, 1.82) is 0 Å². The van der Waals surface area contributed by atoms with Gasteiger partial charge in [0.25, 0.3) is 0 Å². The largest absolute Gasteiger partial charge is 0.390 e. The molecule has 26 heavy (non-hydrogen) atoms. The summed E-state index contributed by atoms with van der Waals surface area (Å²) in [6.07, 6.45) is 5.02. The van der Waals surface area contributed by atoms with E-state index in [0.717, 1.165) is 16.9 Å². The fourth-order valence-corrected chi connectivity index (χ4v) is 2.43. The monoisotopic (exact) mass is 348 g/mol. The number of rotatable bonds is 6. The van der Waals surface area contributed by atoms with Gasteiger partial charge in [-0.2, -0.15) is 0 Å². The number of carbonyl (C=O) groups excluding carboxylic acids is 1. The van der Waals surface area contributed by atoms with Crippen molar-refractivity contribution in [2.75, 3.05) is 19.0 Å². The van der Waals surface area contributed by atoms with E-state index in [0.29, 0.717) is 11.3 Å². The quantitative estimate of drug-likeness (QED) is 0.548. The number of aromatic nitrogens is 3. The molecule has 0 amide bonds. The first kappa shape index (κ1) is 17.6. The molecule has 1 N–H and O–H groups in total. The maximum atomic E-state index is 12.3. The normalized spacial score (nSPS) is 11.0. The zero-order chi connectivity index (χ0) is 18.5. The number of aliphatic hydroxyl groups excluding tert-OH is 1. The Morgan fingerprint density at radius 3 is 2.38 bits per heavy atom. The molecule has 0 bridgehead atoms. The second kappa shape index (κ2) is 7.76. The van der Waals surface area contributed by atoms with Gasteiger partial charge in [0.2, 0.25) is 0 Å². The third kappa shape index (κ3) is 4.04. The van der Waals surface area contributed by atoms with Crippen molar-refractivity contribution < 1.29 is 9.90 Å². The Labute approximate surface area is 152 Å². The van der Waals surface area contributed by atoms with Crippen LogP contribution in [-0.4, -0.2) is 40.0 Å². The Kier molecular flexibility index (Phi) is 5.24. The van der Waals surface area contributed by atoms with Crippen molar-refractivity contribution in [2.24, 2.45) is 0 Å². The lowest BCUT2D eigenvalue weighted by Gasteiger charge is -2.11. The topological polar surface area (TPSA) is 71.2 Å². The van der Waals surface area contributed by atoms with Gasteiger partial charge in [-0.15, -0.1) is 5.10 Å². The van der Waals surface area contributed by atoms with Crippen LogP contribution in [0.1, 0.15) is 21.6 Å². The number of aliphatic hydroxyl groups is 1. The van der Waals surface area contributed by atoms with Crippen LogP contribution in [0.15, 0.2) is 60.8 Å². The van der Waals surface area contributed by atoms with E-state index in [-0.39, 0.29) is 12.4 Å². The van der Waals surface area contributed by atoms with Crippen LogP contribution < -0.4 is 4.90 Å². The minimum Gasteiger partial charge on any atom is -0.390 e. The summed E-state index contributed by atoms with van der Waals surface area (Å²) in [5.41, 5.74) is 3.95. The Bertz CT molecular complexity index is 910. The SMILES string of the molecule is CN(C)c1ccc(/C=C/C(=O)c2ccc(-n3cc(CO)nn3)cc2)cc1. The first-order chi connectivity index (χ1) is 12.6. The Morgan fingerprint density at radius 1 is 1.12 bits per heavy atom. The summed E-state index contributed by atoms with van der Waals surface area (Å²) in [4.78, 5) is 14.4. The molecule has 0 aliphatic heterocycles. The van der Waals surface area contributed by atoms with Crippen LogP contribution in [0.3, 0.4) is 0 Å². The molecule has 0 aliphatic carbocycles. The van der Waals surface area contributed by atoms with Gasteiger partial charge in [0, 0.05) is 25.3 Å². The van der Waals surface area contributed by atoms with Gasteiger partial charge in [-0.3, -0.25) is 4.79 Å². The average Bonchev–Trinajstić information content (AvgIpc) is 3.16. The van der Waals surface area contributed by atoms with Crippen LogP contribution in [0, 0.1) is 0 Å². The minimum atomic E-state index is -0.156. The van der Waals surface area contributed by atoms with E-state index in [1.165, 1.54) is 0 Å². The van der Waals surface area contributed by atoms with E-state index in [1.54, 1.807) is 47.3 Å². The summed E-state index contributed by atoms with van der Waals surface area (Å²) >= 11 is 0. The Morgan fingerprint density at radius 2 is 1.81 bits per heavy atom. The fourth-order valence-electron chi connectivity index (χ4n) is 2.43. The predicted molar refractivity (Wildman–Crippen MR) is 101 cm³/mol. The average molecular weight is 348 g/mol. The maximum Gasteiger partial charge on any atom is 0.185 e. The number of nitrogens with zero attached hydrogens (tertiary/aromatic N) is 4. The number of hydrogen-bond acceptors (Lipinski definition) is 5. The zero-order valence-corrected chi connectivity index (χ0v) is 14.7. The van der Waals surface area contributed by atoms with Crippen LogP contribution in [0.2, 0.25) is 0 Å². The first-order valence-corrected chi connectivity index (χ1v) is 8.19. The van der Waals surface area contributed by atoms with Gasteiger partial charge < -0.3 is 10.0 Å². The van der Waals surface area contributed by atoms with Gasteiger partial charge in [0.1, 0.15) is 5.69 Å². The highest BCUT2D eigenvalue weighted by Crippen LogP contribution is 2.14. The van der Waals surface area contributed by atoms with E-state index in [1.807, 2.05) is 43.3 Å². The predicted octanol–water partition coefficient (Wildman–Crippen LogP) is 2.72. The zero-order valence-electron chi connectivity index (χ0n) is 14.7. The minimum absolute atomic E-state index is 0.0668. The highest BCUT2D eigenvalue weighted by atomic mass is 16.3. The van der Waals surface area contributed by atoms with Gasteiger partial charge in [0.15, 0.2) is 5.78 Å². The molecule has 6 nitrogen and oxygen atoms in total. The number of benzene rings is 2. The summed E-state index contributed by atoms with van der Waals surface area (Å²) in [6, 6.07) is 15.1. The second-order valence-corrected chi connectivity index (χ2v) is 6.04. The molecule has 3 rings (SSSR count). The molecule has 0 radical (unpaired) electrons. The smallest absolute Gasteiger partial charge is 0.185 e. The molecular weight excluding hydrogens is 328 g/mol. The lowest BCUT2D eigenvalue weighted by atomic mass is 10.1. The molecule has 0 atom stereocenters. The molecule has 0 unspecified atom stereocenters. The molecule has 1 aromatic heterocycles. The van der Waals surface area contributed by atoms with E-state index < -0.39 is 0 Å². The summed E-state index contributed by atoms with van der Waals surface area (Å²) in [6.45, 7) is -0.156. The lowest BCUT2D eigenvalue weighted by Crippen LogP contribution is -2.07. The van der Waals surface area contributed by atoms with Crippen molar-refractivity contribution in [2.45, 2.75) is 6.61 Å². The number of carbonyl (C=O) groups is 1. The molecule has 0 fully saturated rings. The highest BCUT2D eigenvalue weighted by Gasteiger charge is 2.05. The molecule has 0 spiro atoms. The number of hydrogen-bond donors (Lipinski definition) is 1. The highest BCUT2D eigenvalue weighted by molar-refractivity contribution is 6.06. The first-order valence-electron chi connectivity index (χ1n) is 8.19. The Balaban J connectivity index is 1.69. The van der Waals surface area contributed by atoms with Crippen LogP contribution in [0.5, 0.6) is 0 Å². The molecule has 3 aromatic rings. The van der Waals surface area contributed by atoms with E-state index in [9.17, 15) is 4.79 Å². The summed E-state index contributed by atoms with van der Waals surface area (Å²) in [5.74, 6) is -0.0668. The van der Waals surface area contributed by atoms with Crippen molar-refractivity contribution >= 4 is 17.5 Å². The van der Waals surface area contributed by atoms with Gasteiger partial charge >= 0.3 is 0 Å². The van der Waals surface area contributed by atoms with Crippen molar-refractivity contribution in [3.8, 4) is 5.69 Å². The van der Waals surface area contributed by atoms with Crippen molar-refractivity contribution in [1.82, 2.24) is 15.0 Å². The second-order valence-electron chi connectivity index (χ2n) is 6.04. The van der Waals surface area contributed by atoms with E-state index in [4.69, 9.17) is 5.11 Å². The molecule has 2 aromatic carbocycles. The van der Waals surface area contributed by atoms with E-state index in [2.05, 4.69) is 10.3 Å². The molecule has 0 saturated heterocycles. The molecule has 132 valence electrons. The molecule has 6 heteroatoms. The lowest BCUT2D eigenvalue weighted by molar-refractivity contribution is 0.104. The molecular formula is C20H20N4O2. The third-order valence-electron chi connectivity index (χ3n) is 3.96. The standard InChI is InChI=1S/C20H20N4O2/c1-23(2)18-8-3-15(4-9-18)5-12-20(26)16-6-10-19(11-7-16)24-13-17(14-25)21-22-24/h3-13,25H,14H2,1-2H3/b12-5+. The number of allylic oxidation sites excluding steroid dienone is 1. The third-order valence-corrected chi connectivity index (χ3v) is 3.96. The Hall–Kier alpha value is -3.25. The van der Waals surface area contributed by atoms with E-state index >= 15 is 0 Å². The van der Waals surface area contributed by atoms with Crippen molar-refractivity contribution in [3.05, 3.63) is 77.6 Å². The van der Waals surface area contributed by atoms with Crippen LogP contribution >= 0.6 is 0 Å². The maximum absolute atomic E-state index is 12.3. The van der Waals surface area contributed by atoms with Crippen LogP contribution in [0.25, 0.3) is 11.8 Å². The summed E-state index contributed by atoms with van der Waals surface area (Å²) < 4.78 is 1.56. The number of anilines is 1. The molecule has 0 aliphatic rings. The van der Waals surface area contributed by atoms with Gasteiger partial charge in [-0.25, -0.2) is 4.68 Å².